The average Bonchev–Trinajstić information content (AvgIpc) is 2.62. The Hall–Kier alpha value is -0.410. The highest BCUT2D eigenvalue weighted by Crippen LogP contribution is 2.25. The van der Waals surface area contributed by atoms with Gasteiger partial charge in [-0.15, -0.1) is 11.3 Å². The van der Waals surface area contributed by atoms with Gasteiger partial charge in [0.25, 0.3) is 0 Å². The molecule has 0 amide bonds. The summed E-state index contributed by atoms with van der Waals surface area (Å²) in [4.78, 5) is 5.42. The van der Waals surface area contributed by atoms with E-state index in [-0.39, 0.29) is 0 Å². The minimum Gasteiger partial charge on any atom is -0.309 e. The predicted molar refractivity (Wildman–Crippen MR) is 71.7 cm³/mol. The molecule has 1 atom stereocenters. The summed E-state index contributed by atoms with van der Waals surface area (Å²) in [6.07, 6.45) is 3.18. The first-order chi connectivity index (χ1) is 7.39. The van der Waals surface area contributed by atoms with Gasteiger partial charge in [-0.3, -0.25) is 4.98 Å². The monoisotopic (exact) mass is 240 g/mol. The Kier molecular flexibility index (Phi) is 4.93. The Bertz CT molecular complexity index is 285. The summed E-state index contributed by atoms with van der Waals surface area (Å²) in [6, 6.07) is 0.564. The van der Waals surface area contributed by atoms with E-state index in [0.717, 1.165) is 12.5 Å². The quantitative estimate of drug-likeness (QED) is 0.849. The molecule has 1 aromatic rings. The summed E-state index contributed by atoms with van der Waals surface area (Å²) < 4.78 is 0. The average molecular weight is 240 g/mol. The third-order valence-electron chi connectivity index (χ3n) is 2.76. The van der Waals surface area contributed by atoms with Crippen molar-refractivity contribution >= 4 is 11.3 Å². The molecule has 1 aromatic heterocycles. The number of rotatable bonds is 5. The molecule has 0 fully saturated rings. The van der Waals surface area contributed by atoms with Gasteiger partial charge in [0, 0.05) is 23.7 Å². The van der Waals surface area contributed by atoms with Crippen LogP contribution < -0.4 is 5.32 Å². The van der Waals surface area contributed by atoms with Crippen LogP contribution in [0, 0.1) is 11.3 Å². The van der Waals surface area contributed by atoms with Gasteiger partial charge in [0.05, 0.1) is 5.51 Å². The van der Waals surface area contributed by atoms with Crippen molar-refractivity contribution in [3.8, 4) is 0 Å². The molecule has 0 bridgehead atoms. The Morgan fingerprint density at radius 1 is 1.38 bits per heavy atom. The zero-order valence-electron chi connectivity index (χ0n) is 11.1. The normalized spacial score (nSPS) is 14.4. The van der Waals surface area contributed by atoms with E-state index in [1.54, 1.807) is 11.3 Å². The number of thiazole rings is 1. The maximum Gasteiger partial charge on any atom is 0.0794 e. The first-order valence-electron chi connectivity index (χ1n) is 6.00. The molecule has 2 nitrogen and oxygen atoms in total. The molecule has 0 aliphatic heterocycles. The maximum atomic E-state index is 4.10. The summed E-state index contributed by atoms with van der Waals surface area (Å²) in [7, 11) is 0. The minimum atomic E-state index is 0.314. The molecule has 0 aliphatic carbocycles. The van der Waals surface area contributed by atoms with Crippen molar-refractivity contribution in [1.82, 2.24) is 10.3 Å². The summed E-state index contributed by atoms with van der Waals surface area (Å²) >= 11 is 1.72. The number of nitrogens with zero attached hydrogens (tertiary/aromatic N) is 1. The second kappa shape index (κ2) is 5.78. The van der Waals surface area contributed by atoms with Gasteiger partial charge in [-0.2, -0.15) is 0 Å². The second-order valence-corrected chi connectivity index (χ2v) is 6.87. The molecule has 0 aliphatic rings. The van der Waals surface area contributed by atoms with Gasteiger partial charge in [0.15, 0.2) is 0 Å². The van der Waals surface area contributed by atoms with Crippen LogP contribution in [0.3, 0.4) is 0 Å². The van der Waals surface area contributed by atoms with E-state index in [2.05, 4.69) is 44.9 Å². The topological polar surface area (TPSA) is 24.9 Å². The summed E-state index contributed by atoms with van der Waals surface area (Å²) in [5.41, 5.74) is 2.21. The Labute approximate surface area is 103 Å². The Morgan fingerprint density at radius 3 is 2.50 bits per heavy atom. The van der Waals surface area contributed by atoms with E-state index in [1.165, 1.54) is 11.3 Å². The van der Waals surface area contributed by atoms with Crippen LogP contribution in [0.25, 0.3) is 0 Å². The summed E-state index contributed by atoms with van der Waals surface area (Å²) in [6.45, 7) is 12.4. The summed E-state index contributed by atoms with van der Waals surface area (Å²) in [5.74, 6) is 0.734. The van der Waals surface area contributed by atoms with E-state index in [4.69, 9.17) is 0 Å². The molecular formula is C13H24N2S. The van der Waals surface area contributed by atoms with Crippen molar-refractivity contribution < 1.29 is 0 Å². The molecule has 0 saturated carbocycles. The van der Waals surface area contributed by atoms with Crippen molar-refractivity contribution in [2.24, 2.45) is 11.3 Å². The van der Waals surface area contributed by atoms with Crippen LogP contribution in [0.5, 0.6) is 0 Å². The lowest BCUT2D eigenvalue weighted by Gasteiger charge is -2.33. The highest BCUT2D eigenvalue weighted by atomic mass is 32.1. The molecule has 92 valence electrons. The van der Waals surface area contributed by atoms with Crippen molar-refractivity contribution in [3.05, 3.63) is 16.6 Å². The van der Waals surface area contributed by atoms with Gasteiger partial charge in [-0.05, 0) is 17.8 Å². The van der Waals surface area contributed by atoms with E-state index >= 15 is 0 Å². The van der Waals surface area contributed by atoms with Crippen LogP contribution >= 0.6 is 11.3 Å². The SMILES string of the molecule is CC(C)CC(NCc1cncs1)C(C)(C)C. The smallest absolute Gasteiger partial charge is 0.0794 e. The lowest BCUT2D eigenvalue weighted by molar-refractivity contribution is 0.233. The molecule has 1 rings (SSSR count). The number of nitrogens with one attached hydrogen (secondary N) is 1. The first-order valence-corrected chi connectivity index (χ1v) is 6.88. The fourth-order valence-corrected chi connectivity index (χ4v) is 2.31. The number of hydrogen-bond acceptors (Lipinski definition) is 3. The molecule has 1 heterocycles. The molecular weight excluding hydrogens is 216 g/mol. The Morgan fingerprint density at radius 2 is 2.06 bits per heavy atom. The molecule has 0 radical (unpaired) electrons. The first kappa shape index (κ1) is 13.7. The minimum absolute atomic E-state index is 0.314. The lowest BCUT2D eigenvalue weighted by atomic mass is 9.82. The van der Waals surface area contributed by atoms with Crippen molar-refractivity contribution in [1.29, 1.82) is 0 Å². The predicted octanol–water partition coefficient (Wildman–Crippen LogP) is 3.69. The van der Waals surface area contributed by atoms with Crippen molar-refractivity contribution in [2.75, 3.05) is 0 Å². The molecule has 0 aromatic carbocycles. The number of aromatic nitrogens is 1. The van der Waals surface area contributed by atoms with Gasteiger partial charge in [-0.1, -0.05) is 34.6 Å². The second-order valence-electron chi connectivity index (χ2n) is 5.90. The van der Waals surface area contributed by atoms with Crippen LogP contribution in [0.1, 0.15) is 45.9 Å². The fourth-order valence-electron chi connectivity index (χ4n) is 1.77. The molecule has 0 saturated heterocycles. The van der Waals surface area contributed by atoms with Gasteiger partial charge in [-0.25, -0.2) is 0 Å². The van der Waals surface area contributed by atoms with E-state index in [9.17, 15) is 0 Å². The maximum absolute atomic E-state index is 4.10. The Balaban J connectivity index is 2.50. The zero-order chi connectivity index (χ0) is 12.2. The van der Waals surface area contributed by atoms with Crippen LogP contribution in [-0.2, 0) is 6.54 Å². The molecule has 1 N–H and O–H groups in total. The van der Waals surface area contributed by atoms with Gasteiger partial charge >= 0.3 is 0 Å². The third-order valence-corrected chi connectivity index (χ3v) is 3.54. The van der Waals surface area contributed by atoms with Gasteiger partial charge < -0.3 is 5.32 Å². The van der Waals surface area contributed by atoms with Gasteiger partial charge in [0.2, 0.25) is 0 Å². The highest BCUT2D eigenvalue weighted by Gasteiger charge is 2.24. The van der Waals surface area contributed by atoms with E-state index in [1.807, 2.05) is 11.7 Å². The lowest BCUT2D eigenvalue weighted by Crippen LogP contribution is -2.40. The highest BCUT2D eigenvalue weighted by molar-refractivity contribution is 7.09. The van der Waals surface area contributed by atoms with E-state index < -0.39 is 0 Å². The largest absolute Gasteiger partial charge is 0.309 e. The summed E-state index contributed by atoms with van der Waals surface area (Å²) in [5, 5.41) is 3.66. The fraction of sp³-hybridized carbons (Fsp3) is 0.769. The third kappa shape index (κ3) is 4.62. The van der Waals surface area contributed by atoms with Gasteiger partial charge in [0.1, 0.15) is 0 Å². The molecule has 1 unspecified atom stereocenters. The molecule has 0 spiro atoms. The standard InChI is InChI=1S/C13H24N2S/c1-10(2)6-12(13(3,4)5)15-8-11-7-14-9-16-11/h7,9-10,12,15H,6,8H2,1-5H3. The van der Waals surface area contributed by atoms with Crippen molar-refractivity contribution in [3.63, 3.8) is 0 Å². The van der Waals surface area contributed by atoms with Crippen LogP contribution in [0.15, 0.2) is 11.7 Å². The van der Waals surface area contributed by atoms with Crippen LogP contribution in [0.2, 0.25) is 0 Å². The number of hydrogen-bond donors (Lipinski definition) is 1. The van der Waals surface area contributed by atoms with Crippen molar-refractivity contribution in [2.45, 2.75) is 53.6 Å². The molecule has 16 heavy (non-hydrogen) atoms. The zero-order valence-corrected chi connectivity index (χ0v) is 11.9. The van der Waals surface area contributed by atoms with Crippen LogP contribution in [0.4, 0.5) is 0 Å². The molecule has 3 heteroatoms. The van der Waals surface area contributed by atoms with Crippen LogP contribution in [-0.4, -0.2) is 11.0 Å². The van der Waals surface area contributed by atoms with E-state index in [0.29, 0.717) is 11.5 Å².